The van der Waals surface area contributed by atoms with E-state index in [1.54, 1.807) is 0 Å². The minimum absolute atomic E-state index is 0.372. The smallest absolute Gasteiger partial charge is 0.138 e. The second-order valence-corrected chi connectivity index (χ2v) is 8.61. The van der Waals surface area contributed by atoms with E-state index in [9.17, 15) is 0 Å². The zero-order valence-corrected chi connectivity index (χ0v) is 19.9. The van der Waals surface area contributed by atoms with E-state index in [-0.39, 0.29) is 0 Å². The monoisotopic (exact) mass is 462 g/mol. The Morgan fingerprint density at radius 3 is 2.43 bits per heavy atom. The van der Waals surface area contributed by atoms with Gasteiger partial charge in [0.1, 0.15) is 23.8 Å². The van der Waals surface area contributed by atoms with E-state index in [4.69, 9.17) is 15.5 Å². The fourth-order valence-electron chi connectivity index (χ4n) is 4.39. The van der Waals surface area contributed by atoms with Gasteiger partial charge in [-0.15, -0.1) is 0 Å². The van der Waals surface area contributed by atoms with Crippen molar-refractivity contribution in [2.45, 2.75) is 26.5 Å². The van der Waals surface area contributed by atoms with Gasteiger partial charge < -0.3 is 15.8 Å². The molecule has 5 rings (SSSR count). The molecule has 0 aliphatic rings. The van der Waals surface area contributed by atoms with Crippen molar-refractivity contribution in [1.29, 1.82) is 0 Å². The number of hydrogen-bond acceptors (Lipinski definition) is 4. The number of aromatic nitrogens is 2. The molecule has 0 radical (unpaired) electrons. The van der Waals surface area contributed by atoms with E-state index in [2.05, 4.69) is 79.0 Å². The predicted molar refractivity (Wildman–Crippen MR) is 143 cm³/mol. The quantitative estimate of drug-likeness (QED) is 0.282. The highest BCUT2D eigenvalue weighted by Crippen LogP contribution is 2.27. The Morgan fingerprint density at radius 2 is 1.66 bits per heavy atom. The number of rotatable bonds is 9. The zero-order chi connectivity index (χ0) is 24.0. The number of ether oxygens (including phenoxy) is 1. The van der Waals surface area contributed by atoms with Gasteiger partial charge in [-0.25, -0.2) is 4.98 Å². The van der Waals surface area contributed by atoms with E-state index in [1.807, 2.05) is 34.9 Å². The maximum absolute atomic E-state index is 6.24. The standard InChI is InChI=1S/C30H30N4O/c1-22-25(13-8-14-27(22)24-11-6-3-7-12-24)21-35-26-15-16-29-33-28(19-31)30(34(29)20-26)32-18-17-23-9-4-2-5-10-23/h2-16,20,32H,17-19,21,31H2,1H3. The van der Waals surface area contributed by atoms with E-state index in [0.29, 0.717) is 13.2 Å². The average Bonchev–Trinajstić information content (AvgIpc) is 3.26. The van der Waals surface area contributed by atoms with Gasteiger partial charge in [0, 0.05) is 13.1 Å². The van der Waals surface area contributed by atoms with E-state index in [0.717, 1.165) is 35.9 Å². The first-order chi connectivity index (χ1) is 17.2. The third-order valence-electron chi connectivity index (χ3n) is 6.33. The van der Waals surface area contributed by atoms with Gasteiger partial charge in [-0.05, 0) is 53.3 Å². The fourth-order valence-corrected chi connectivity index (χ4v) is 4.39. The van der Waals surface area contributed by atoms with E-state index in [1.165, 1.54) is 27.8 Å². The van der Waals surface area contributed by atoms with Gasteiger partial charge >= 0.3 is 0 Å². The molecule has 5 heteroatoms. The molecule has 0 unspecified atom stereocenters. The lowest BCUT2D eigenvalue weighted by atomic mass is 9.97. The predicted octanol–water partition coefficient (Wildman–Crippen LogP) is 6.00. The largest absolute Gasteiger partial charge is 0.487 e. The molecule has 5 nitrogen and oxygen atoms in total. The van der Waals surface area contributed by atoms with Crippen molar-refractivity contribution in [3.63, 3.8) is 0 Å². The van der Waals surface area contributed by atoms with Crippen LogP contribution in [0, 0.1) is 6.92 Å². The van der Waals surface area contributed by atoms with Gasteiger partial charge in [0.15, 0.2) is 0 Å². The highest BCUT2D eigenvalue weighted by molar-refractivity contribution is 5.68. The molecule has 0 fully saturated rings. The first kappa shape index (κ1) is 22.7. The lowest BCUT2D eigenvalue weighted by molar-refractivity contribution is 0.304. The number of nitrogens with two attached hydrogens (primary N) is 1. The molecular weight excluding hydrogens is 432 g/mol. The van der Waals surface area contributed by atoms with Gasteiger partial charge in [0.05, 0.1) is 11.9 Å². The second kappa shape index (κ2) is 10.5. The van der Waals surface area contributed by atoms with Gasteiger partial charge in [0.2, 0.25) is 0 Å². The highest BCUT2D eigenvalue weighted by atomic mass is 16.5. The summed E-state index contributed by atoms with van der Waals surface area (Å²) >= 11 is 0. The van der Waals surface area contributed by atoms with Crippen LogP contribution in [0.15, 0.2) is 97.2 Å². The van der Waals surface area contributed by atoms with Crippen molar-refractivity contribution in [2.24, 2.45) is 5.73 Å². The Morgan fingerprint density at radius 1 is 0.886 bits per heavy atom. The molecule has 0 aliphatic heterocycles. The van der Waals surface area contributed by atoms with Crippen LogP contribution >= 0.6 is 0 Å². The maximum Gasteiger partial charge on any atom is 0.138 e. The van der Waals surface area contributed by atoms with Gasteiger partial charge in [-0.1, -0.05) is 78.9 Å². The molecule has 0 saturated carbocycles. The second-order valence-electron chi connectivity index (χ2n) is 8.61. The summed E-state index contributed by atoms with van der Waals surface area (Å²) in [4.78, 5) is 4.70. The number of pyridine rings is 1. The van der Waals surface area contributed by atoms with Crippen LogP contribution in [-0.2, 0) is 19.6 Å². The van der Waals surface area contributed by atoms with Crippen molar-refractivity contribution in [3.8, 4) is 16.9 Å². The number of nitrogens with zero attached hydrogens (tertiary/aromatic N) is 2. The van der Waals surface area contributed by atoms with Crippen molar-refractivity contribution >= 4 is 11.5 Å². The molecule has 5 aromatic rings. The SMILES string of the molecule is Cc1c(COc2ccc3nc(CN)c(NCCc4ccccc4)n3c2)cccc1-c1ccccc1. The summed E-state index contributed by atoms with van der Waals surface area (Å²) in [5.74, 6) is 1.71. The summed E-state index contributed by atoms with van der Waals surface area (Å²) in [6.45, 7) is 3.81. The van der Waals surface area contributed by atoms with Crippen molar-refractivity contribution in [2.75, 3.05) is 11.9 Å². The molecule has 0 aliphatic carbocycles. The Balaban J connectivity index is 1.34. The Labute approximate surface area is 206 Å². The first-order valence-electron chi connectivity index (χ1n) is 12.0. The number of nitrogens with one attached hydrogen (secondary N) is 1. The van der Waals surface area contributed by atoms with Crippen molar-refractivity contribution in [3.05, 3.63) is 120 Å². The fraction of sp³-hybridized carbons (Fsp3) is 0.167. The normalized spacial score (nSPS) is 11.0. The van der Waals surface area contributed by atoms with Crippen LogP contribution in [0.25, 0.3) is 16.8 Å². The molecule has 0 spiro atoms. The molecule has 176 valence electrons. The highest BCUT2D eigenvalue weighted by Gasteiger charge is 2.12. The van der Waals surface area contributed by atoms with Gasteiger partial charge in [0.25, 0.3) is 0 Å². The van der Waals surface area contributed by atoms with Crippen molar-refractivity contribution < 1.29 is 4.74 Å². The minimum atomic E-state index is 0.372. The van der Waals surface area contributed by atoms with Crippen LogP contribution in [0.4, 0.5) is 5.82 Å². The Hall–Kier alpha value is -4.09. The zero-order valence-electron chi connectivity index (χ0n) is 19.9. The summed E-state index contributed by atoms with van der Waals surface area (Å²) in [7, 11) is 0. The molecule has 0 atom stereocenters. The number of imidazole rings is 1. The van der Waals surface area contributed by atoms with Crippen LogP contribution in [0.1, 0.15) is 22.4 Å². The topological polar surface area (TPSA) is 64.6 Å². The maximum atomic E-state index is 6.24. The summed E-state index contributed by atoms with van der Waals surface area (Å²) in [5, 5.41) is 3.54. The third-order valence-corrected chi connectivity index (χ3v) is 6.33. The molecule has 2 heterocycles. The summed E-state index contributed by atoms with van der Waals surface area (Å²) in [6.07, 6.45) is 2.91. The number of anilines is 1. The lowest BCUT2D eigenvalue weighted by Crippen LogP contribution is -2.10. The molecule has 35 heavy (non-hydrogen) atoms. The summed E-state index contributed by atoms with van der Waals surface area (Å²) in [6, 6.07) is 31.2. The number of fused-ring (bicyclic) bond motifs is 1. The third kappa shape index (κ3) is 5.05. The molecule has 0 saturated heterocycles. The minimum Gasteiger partial charge on any atom is -0.487 e. The van der Waals surface area contributed by atoms with Gasteiger partial charge in [-0.3, -0.25) is 4.40 Å². The van der Waals surface area contributed by atoms with Crippen LogP contribution in [0.3, 0.4) is 0 Å². The van der Waals surface area contributed by atoms with E-state index < -0.39 is 0 Å². The van der Waals surface area contributed by atoms with Crippen molar-refractivity contribution in [1.82, 2.24) is 9.38 Å². The lowest BCUT2D eigenvalue weighted by Gasteiger charge is -2.13. The van der Waals surface area contributed by atoms with Crippen LogP contribution < -0.4 is 15.8 Å². The average molecular weight is 463 g/mol. The van der Waals surface area contributed by atoms with Crippen LogP contribution in [-0.4, -0.2) is 15.9 Å². The molecule has 3 aromatic carbocycles. The van der Waals surface area contributed by atoms with Gasteiger partial charge in [-0.2, -0.15) is 0 Å². The molecule has 2 aromatic heterocycles. The molecule has 3 N–H and O–H groups in total. The summed E-state index contributed by atoms with van der Waals surface area (Å²) < 4.78 is 8.27. The number of hydrogen-bond donors (Lipinski definition) is 2. The van der Waals surface area contributed by atoms with E-state index >= 15 is 0 Å². The first-order valence-corrected chi connectivity index (χ1v) is 12.0. The molecular formula is C30H30N4O. The van der Waals surface area contributed by atoms with Crippen LogP contribution in [0.5, 0.6) is 5.75 Å². The molecule has 0 amide bonds. The Bertz CT molecular complexity index is 1410. The summed E-state index contributed by atoms with van der Waals surface area (Å²) in [5.41, 5.74) is 13.8. The molecule has 0 bridgehead atoms. The van der Waals surface area contributed by atoms with Crippen LogP contribution in [0.2, 0.25) is 0 Å². The Kier molecular flexibility index (Phi) is 6.77. The number of benzene rings is 3.